The van der Waals surface area contributed by atoms with E-state index in [1.807, 2.05) is 11.8 Å². The van der Waals surface area contributed by atoms with Crippen molar-refractivity contribution in [2.24, 2.45) is 0 Å². The maximum Gasteiger partial charge on any atom is 0.275 e. The molecule has 8 nitrogen and oxygen atoms in total. The number of ether oxygens (including phenoxy) is 2. The largest absolute Gasteiger partial charge is 0.494 e. The molecular formula is C19H22N2O6S. The quantitative estimate of drug-likeness (QED) is 0.487. The van der Waals surface area contributed by atoms with Crippen molar-refractivity contribution in [3.05, 3.63) is 54.1 Å². The molecule has 0 heterocycles. The van der Waals surface area contributed by atoms with Crippen LogP contribution in [-0.4, -0.2) is 32.8 Å². The topological polar surface area (TPSA) is 111 Å². The first-order valence-corrected chi connectivity index (χ1v) is 10.0. The molecule has 0 saturated carbocycles. The molecule has 0 unspecified atom stereocenters. The molecule has 0 aliphatic heterocycles. The van der Waals surface area contributed by atoms with E-state index in [1.54, 1.807) is 24.3 Å². The Kier molecular flexibility index (Phi) is 7.13. The first kappa shape index (κ1) is 21.4. The van der Waals surface area contributed by atoms with Crippen LogP contribution in [0.25, 0.3) is 0 Å². The van der Waals surface area contributed by atoms with Gasteiger partial charge in [-0.3, -0.25) is 15.0 Å². The summed E-state index contributed by atoms with van der Waals surface area (Å²) in [6.07, 6.45) is -0.944. The molecule has 150 valence electrons. The van der Waals surface area contributed by atoms with Crippen molar-refractivity contribution in [2.75, 3.05) is 6.61 Å². The van der Waals surface area contributed by atoms with Gasteiger partial charge in [-0.15, -0.1) is 4.83 Å². The summed E-state index contributed by atoms with van der Waals surface area (Å²) in [6.45, 7) is 5.28. The van der Waals surface area contributed by atoms with E-state index in [1.165, 1.54) is 38.1 Å². The molecule has 0 aliphatic rings. The number of sulfonamides is 1. The summed E-state index contributed by atoms with van der Waals surface area (Å²) >= 11 is 0. The smallest absolute Gasteiger partial charge is 0.275 e. The van der Waals surface area contributed by atoms with Gasteiger partial charge in [0.05, 0.1) is 11.5 Å². The summed E-state index contributed by atoms with van der Waals surface area (Å²) in [5.74, 6) is 0.271. The van der Waals surface area contributed by atoms with Crippen LogP contribution in [0.2, 0.25) is 0 Å². The molecule has 0 fully saturated rings. The Hall–Kier alpha value is -2.91. The van der Waals surface area contributed by atoms with Crippen LogP contribution < -0.4 is 19.7 Å². The number of amides is 1. The van der Waals surface area contributed by atoms with Crippen LogP contribution in [0.1, 0.15) is 31.1 Å². The zero-order valence-corrected chi connectivity index (χ0v) is 16.6. The highest BCUT2D eigenvalue weighted by Gasteiger charge is 2.19. The van der Waals surface area contributed by atoms with Crippen molar-refractivity contribution >= 4 is 21.7 Å². The van der Waals surface area contributed by atoms with Crippen LogP contribution in [0, 0.1) is 0 Å². The van der Waals surface area contributed by atoms with E-state index < -0.39 is 22.0 Å². The highest BCUT2D eigenvalue weighted by molar-refractivity contribution is 7.89. The zero-order valence-electron chi connectivity index (χ0n) is 15.8. The van der Waals surface area contributed by atoms with Crippen LogP contribution in [-0.2, 0) is 14.8 Å². The standard InChI is InChI=1S/C19H22N2O6S/c1-4-26-16-7-9-17(10-8-16)27-14(3)19(23)20-21-28(24,25)18-11-5-15(6-12-18)13(2)22/h5-12,14,21H,4H2,1-3H3,(H,20,23)/t14-/m0/s1. The zero-order chi connectivity index (χ0) is 20.7. The van der Waals surface area contributed by atoms with E-state index in [0.717, 1.165) is 0 Å². The molecule has 0 aliphatic carbocycles. The Morgan fingerprint density at radius 2 is 1.57 bits per heavy atom. The molecule has 28 heavy (non-hydrogen) atoms. The fraction of sp³-hybridized carbons (Fsp3) is 0.263. The van der Waals surface area contributed by atoms with Crippen molar-refractivity contribution in [3.63, 3.8) is 0 Å². The molecule has 0 radical (unpaired) electrons. The Labute approximate surface area is 163 Å². The van der Waals surface area contributed by atoms with Gasteiger partial charge < -0.3 is 9.47 Å². The predicted octanol–water partition coefficient (Wildman–Crippen LogP) is 2.06. The summed E-state index contributed by atoms with van der Waals surface area (Å²) < 4.78 is 35.3. The number of rotatable bonds is 9. The Morgan fingerprint density at radius 1 is 1.00 bits per heavy atom. The summed E-state index contributed by atoms with van der Waals surface area (Å²) in [6, 6.07) is 12.1. The van der Waals surface area contributed by atoms with Gasteiger partial charge in [0.1, 0.15) is 11.5 Å². The van der Waals surface area contributed by atoms with Crippen LogP contribution in [0.5, 0.6) is 11.5 Å². The number of hydrogen-bond acceptors (Lipinski definition) is 6. The first-order valence-electron chi connectivity index (χ1n) is 8.55. The van der Waals surface area contributed by atoms with Gasteiger partial charge in [0.25, 0.3) is 15.9 Å². The second-order valence-corrected chi connectivity index (χ2v) is 7.52. The highest BCUT2D eigenvalue weighted by Crippen LogP contribution is 2.18. The molecule has 0 bridgehead atoms. The fourth-order valence-corrected chi connectivity index (χ4v) is 3.03. The lowest BCUT2D eigenvalue weighted by atomic mass is 10.2. The monoisotopic (exact) mass is 406 g/mol. The minimum Gasteiger partial charge on any atom is -0.494 e. The fourth-order valence-electron chi connectivity index (χ4n) is 2.19. The van der Waals surface area contributed by atoms with Gasteiger partial charge in [-0.05, 0) is 57.2 Å². The lowest BCUT2D eigenvalue weighted by molar-refractivity contribution is -0.127. The molecule has 2 N–H and O–H groups in total. The number of hydrazine groups is 1. The molecule has 0 aromatic heterocycles. The predicted molar refractivity (Wildman–Crippen MR) is 103 cm³/mol. The number of benzene rings is 2. The summed E-state index contributed by atoms with van der Waals surface area (Å²) in [5, 5.41) is 0. The van der Waals surface area contributed by atoms with Gasteiger partial charge in [0, 0.05) is 5.56 Å². The van der Waals surface area contributed by atoms with Crippen molar-refractivity contribution in [1.82, 2.24) is 10.3 Å². The molecule has 0 saturated heterocycles. The van der Waals surface area contributed by atoms with Gasteiger partial charge in [0.2, 0.25) is 0 Å². The van der Waals surface area contributed by atoms with Gasteiger partial charge in [-0.1, -0.05) is 12.1 Å². The minimum absolute atomic E-state index is 0.0853. The third kappa shape index (κ3) is 5.80. The minimum atomic E-state index is -3.98. The average molecular weight is 406 g/mol. The molecule has 2 aromatic carbocycles. The Balaban J connectivity index is 1.93. The van der Waals surface area contributed by atoms with E-state index in [4.69, 9.17) is 9.47 Å². The Bertz CT molecular complexity index is 924. The number of nitrogens with one attached hydrogen (secondary N) is 2. The lowest BCUT2D eigenvalue weighted by Crippen LogP contribution is -2.47. The number of hydrogen-bond donors (Lipinski definition) is 2. The van der Waals surface area contributed by atoms with Crippen LogP contribution in [0.3, 0.4) is 0 Å². The van der Waals surface area contributed by atoms with Crippen molar-refractivity contribution < 1.29 is 27.5 Å². The van der Waals surface area contributed by atoms with Crippen molar-refractivity contribution in [1.29, 1.82) is 0 Å². The normalized spacial score (nSPS) is 12.1. The first-order chi connectivity index (χ1) is 13.2. The second kappa shape index (κ2) is 9.34. The average Bonchev–Trinajstić information content (AvgIpc) is 2.68. The summed E-state index contributed by atoms with van der Waals surface area (Å²) in [4.78, 5) is 25.3. The number of Topliss-reactive ketones (excluding diaryl/α,β-unsaturated/α-hetero) is 1. The van der Waals surface area contributed by atoms with E-state index in [9.17, 15) is 18.0 Å². The maximum absolute atomic E-state index is 12.2. The summed E-state index contributed by atoms with van der Waals surface area (Å²) in [7, 11) is -3.98. The maximum atomic E-state index is 12.2. The third-order valence-corrected chi connectivity index (χ3v) is 4.96. The van der Waals surface area contributed by atoms with E-state index in [2.05, 4.69) is 5.43 Å². The van der Waals surface area contributed by atoms with Crippen molar-refractivity contribution in [2.45, 2.75) is 31.8 Å². The van der Waals surface area contributed by atoms with E-state index in [-0.39, 0.29) is 10.7 Å². The molecule has 1 atom stereocenters. The number of carbonyl (C=O) groups excluding carboxylic acids is 2. The van der Waals surface area contributed by atoms with Gasteiger partial charge in [-0.2, -0.15) is 0 Å². The van der Waals surface area contributed by atoms with Gasteiger partial charge in [0.15, 0.2) is 11.9 Å². The summed E-state index contributed by atoms with van der Waals surface area (Å²) in [5.41, 5.74) is 2.51. The highest BCUT2D eigenvalue weighted by atomic mass is 32.2. The molecule has 2 rings (SSSR count). The molecule has 0 spiro atoms. The van der Waals surface area contributed by atoms with Gasteiger partial charge >= 0.3 is 0 Å². The molecular weight excluding hydrogens is 384 g/mol. The van der Waals surface area contributed by atoms with Crippen LogP contribution >= 0.6 is 0 Å². The third-order valence-electron chi connectivity index (χ3n) is 3.70. The van der Waals surface area contributed by atoms with E-state index >= 15 is 0 Å². The molecule has 2 aromatic rings. The second-order valence-electron chi connectivity index (χ2n) is 5.84. The number of ketones is 1. The SMILES string of the molecule is CCOc1ccc(O[C@@H](C)C(=O)NNS(=O)(=O)c2ccc(C(C)=O)cc2)cc1. The van der Waals surface area contributed by atoms with Crippen LogP contribution in [0.4, 0.5) is 0 Å². The molecule has 9 heteroatoms. The van der Waals surface area contributed by atoms with E-state index in [0.29, 0.717) is 23.7 Å². The van der Waals surface area contributed by atoms with Gasteiger partial charge in [-0.25, -0.2) is 8.42 Å². The molecule has 1 amide bonds. The number of carbonyl (C=O) groups is 2. The van der Waals surface area contributed by atoms with Crippen LogP contribution in [0.15, 0.2) is 53.4 Å². The lowest BCUT2D eigenvalue weighted by Gasteiger charge is -2.15. The Morgan fingerprint density at radius 3 is 2.11 bits per heavy atom. The van der Waals surface area contributed by atoms with Crippen molar-refractivity contribution in [3.8, 4) is 11.5 Å².